The molecule has 0 heterocycles. The van der Waals surface area contributed by atoms with Gasteiger partial charge in [0.2, 0.25) is 0 Å². The highest BCUT2D eigenvalue weighted by Crippen LogP contribution is 2.33. The zero-order valence-corrected chi connectivity index (χ0v) is 16.4. The number of benzene rings is 2. The summed E-state index contributed by atoms with van der Waals surface area (Å²) in [6.45, 7) is 5.71. The normalized spacial score (nSPS) is 10.9. The van der Waals surface area contributed by atoms with Gasteiger partial charge in [-0.25, -0.2) is 9.59 Å². The van der Waals surface area contributed by atoms with Crippen LogP contribution in [0.2, 0.25) is 0 Å². The number of ether oxygens (including phenoxy) is 3. The van der Waals surface area contributed by atoms with Gasteiger partial charge < -0.3 is 24.6 Å². The van der Waals surface area contributed by atoms with Crippen LogP contribution in [0.1, 0.15) is 31.1 Å². The molecule has 7 nitrogen and oxygen atoms in total. The van der Waals surface area contributed by atoms with E-state index in [-0.39, 0.29) is 18.7 Å². The van der Waals surface area contributed by atoms with Crippen molar-refractivity contribution in [1.29, 1.82) is 0 Å². The molecule has 7 heteroatoms. The van der Waals surface area contributed by atoms with Crippen molar-refractivity contribution in [1.82, 2.24) is 5.32 Å². The third-order valence-corrected chi connectivity index (χ3v) is 3.61. The number of methoxy groups -OCH3 is 1. The van der Waals surface area contributed by atoms with Crippen LogP contribution in [0.4, 0.5) is 4.79 Å². The van der Waals surface area contributed by atoms with Crippen LogP contribution in [0.5, 0.6) is 11.5 Å². The molecule has 0 aliphatic carbocycles. The number of rotatable bonds is 7. The van der Waals surface area contributed by atoms with Crippen molar-refractivity contribution >= 4 is 12.1 Å². The minimum Gasteiger partial charge on any atom is -0.496 e. The van der Waals surface area contributed by atoms with Crippen LogP contribution in [0, 0.1) is 0 Å². The second kappa shape index (κ2) is 9.12. The third-order valence-electron chi connectivity index (χ3n) is 3.61. The Morgan fingerprint density at radius 3 is 2.46 bits per heavy atom. The van der Waals surface area contributed by atoms with Gasteiger partial charge in [-0.1, -0.05) is 18.2 Å². The number of carbonyl (C=O) groups is 2. The fourth-order valence-electron chi connectivity index (χ4n) is 2.48. The Morgan fingerprint density at radius 2 is 1.82 bits per heavy atom. The molecule has 0 radical (unpaired) electrons. The van der Waals surface area contributed by atoms with Crippen molar-refractivity contribution in [3.05, 3.63) is 48.0 Å². The van der Waals surface area contributed by atoms with Crippen LogP contribution >= 0.6 is 0 Å². The summed E-state index contributed by atoms with van der Waals surface area (Å²) in [6.07, 6.45) is -0.537. The second-order valence-electron chi connectivity index (χ2n) is 7.03. The SMILES string of the molecule is COc1ccccc1-c1cc(OCCNC(=O)OC(C)(C)C)cc(C(=O)O)c1. The fourth-order valence-corrected chi connectivity index (χ4v) is 2.48. The Balaban J connectivity index is 2.11. The minimum atomic E-state index is -1.06. The Labute approximate surface area is 164 Å². The van der Waals surface area contributed by atoms with Gasteiger partial charge in [0.1, 0.15) is 23.7 Å². The van der Waals surface area contributed by atoms with Crippen LogP contribution in [-0.4, -0.2) is 43.0 Å². The van der Waals surface area contributed by atoms with Crippen LogP contribution in [0.3, 0.4) is 0 Å². The van der Waals surface area contributed by atoms with E-state index in [1.165, 1.54) is 6.07 Å². The maximum atomic E-state index is 11.6. The molecular weight excluding hydrogens is 362 g/mol. The highest BCUT2D eigenvalue weighted by atomic mass is 16.6. The first-order chi connectivity index (χ1) is 13.2. The van der Waals surface area contributed by atoms with E-state index in [4.69, 9.17) is 14.2 Å². The predicted octanol–water partition coefficient (Wildman–Crippen LogP) is 3.96. The highest BCUT2D eigenvalue weighted by Gasteiger charge is 2.16. The summed E-state index contributed by atoms with van der Waals surface area (Å²) in [5, 5.41) is 12.0. The topological polar surface area (TPSA) is 94.1 Å². The first-order valence-corrected chi connectivity index (χ1v) is 8.81. The van der Waals surface area contributed by atoms with Crippen molar-refractivity contribution in [3.63, 3.8) is 0 Å². The molecule has 0 fully saturated rings. The van der Waals surface area contributed by atoms with E-state index < -0.39 is 17.7 Å². The number of nitrogens with one attached hydrogen (secondary N) is 1. The Bertz CT molecular complexity index is 841. The average Bonchev–Trinajstić information content (AvgIpc) is 2.63. The van der Waals surface area contributed by atoms with Crippen molar-refractivity contribution in [2.75, 3.05) is 20.3 Å². The average molecular weight is 387 g/mol. The zero-order chi connectivity index (χ0) is 20.7. The number of amides is 1. The minimum absolute atomic E-state index is 0.0958. The molecule has 0 saturated carbocycles. The van der Waals surface area contributed by atoms with Crippen molar-refractivity contribution in [2.24, 2.45) is 0 Å². The number of para-hydroxylation sites is 1. The van der Waals surface area contributed by atoms with Gasteiger partial charge in [0, 0.05) is 5.56 Å². The number of carboxylic acid groups (broad SMARTS) is 1. The van der Waals surface area contributed by atoms with Crippen LogP contribution in [-0.2, 0) is 4.74 Å². The summed E-state index contributed by atoms with van der Waals surface area (Å²) in [6, 6.07) is 12.1. The molecule has 2 rings (SSSR count). The molecule has 0 aliphatic rings. The number of hydrogen-bond acceptors (Lipinski definition) is 5. The summed E-state index contributed by atoms with van der Waals surface area (Å²) < 4.78 is 16.1. The summed E-state index contributed by atoms with van der Waals surface area (Å²) in [7, 11) is 1.56. The summed E-state index contributed by atoms with van der Waals surface area (Å²) in [5.74, 6) is -0.0529. The molecule has 0 unspecified atom stereocenters. The lowest BCUT2D eigenvalue weighted by Gasteiger charge is -2.19. The maximum absolute atomic E-state index is 11.6. The molecule has 0 saturated heterocycles. The molecule has 2 aromatic rings. The molecule has 150 valence electrons. The van der Waals surface area contributed by atoms with E-state index in [0.29, 0.717) is 17.1 Å². The highest BCUT2D eigenvalue weighted by molar-refractivity contribution is 5.90. The lowest BCUT2D eigenvalue weighted by molar-refractivity contribution is 0.0520. The second-order valence-corrected chi connectivity index (χ2v) is 7.03. The summed E-state index contributed by atoms with van der Waals surface area (Å²) in [4.78, 5) is 23.1. The van der Waals surface area contributed by atoms with Gasteiger partial charge in [0.25, 0.3) is 0 Å². The molecule has 28 heavy (non-hydrogen) atoms. The molecule has 2 N–H and O–H groups in total. The Morgan fingerprint density at radius 1 is 1.11 bits per heavy atom. The first kappa shape index (κ1) is 21.1. The molecule has 0 bridgehead atoms. The zero-order valence-electron chi connectivity index (χ0n) is 16.4. The molecule has 0 atom stereocenters. The van der Waals surface area contributed by atoms with Crippen LogP contribution in [0.25, 0.3) is 11.1 Å². The van der Waals surface area contributed by atoms with E-state index in [1.54, 1.807) is 46.1 Å². The van der Waals surface area contributed by atoms with Gasteiger partial charge in [0.15, 0.2) is 0 Å². The van der Waals surface area contributed by atoms with Crippen LogP contribution in [0.15, 0.2) is 42.5 Å². The molecule has 1 amide bonds. The maximum Gasteiger partial charge on any atom is 0.407 e. The first-order valence-electron chi connectivity index (χ1n) is 8.81. The van der Waals surface area contributed by atoms with E-state index in [2.05, 4.69) is 5.32 Å². The van der Waals surface area contributed by atoms with Gasteiger partial charge in [-0.3, -0.25) is 0 Å². The van der Waals surface area contributed by atoms with Crippen molar-refractivity contribution < 1.29 is 28.9 Å². The lowest BCUT2D eigenvalue weighted by Crippen LogP contribution is -2.34. The number of carbonyl (C=O) groups excluding carboxylic acids is 1. The lowest BCUT2D eigenvalue weighted by atomic mass is 10.0. The number of carboxylic acids is 1. The van der Waals surface area contributed by atoms with E-state index in [0.717, 1.165) is 5.56 Å². The predicted molar refractivity (Wildman–Crippen MR) is 105 cm³/mol. The third kappa shape index (κ3) is 6.19. The Hall–Kier alpha value is -3.22. The smallest absolute Gasteiger partial charge is 0.407 e. The monoisotopic (exact) mass is 387 g/mol. The van der Waals surface area contributed by atoms with Crippen molar-refractivity contribution in [3.8, 4) is 22.6 Å². The largest absolute Gasteiger partial charge is 0.496 e. The number of alkyl carbamates (subject to hydrolysis) is 1. The van der Waals surface area contributed by atoms with Gasteiger partial charge in [0.05, 0.1) is 19.2 Å². The van der Waals surface area contributed by atoms with Gasteiger partial charge >= 0.3 is 12.1 Å². The van der Waals surface area contributed by atoms with Crippen LogP contribution < -0.4 is 14.8 Å². The molecule has 0 aromatic heterocycles. The standard InChI is InChI=1S/C21H25NO6/c1-21(2,3)28-20(25)22-9-10-27-16-12-14(11-15(13-16)19(23)24)17-7-5-6-8-18(17)26-4/h5-8,11-13H,9-10H2,1-4H3,(H,22,25)(H,23,24). The number of hydrogen-bond donors (Lipinski definition) is 2. The van der Waals surface area contributed by atoms with Gasteiger partial charge in [-0.15, -0.1) is 0 Å². The molecular formula is C21H25NO6. The Kier molecular flexibility index (Phi) is 6.87. The quantitative estimate of drug-likeness (QED) is 0.699. The molecule has 2 aromatic carbocycles. The van der Waals surface area contributed by atoms with E-state index in [9.17, 15) is 14.7 Å². The fraction of sp³-hybridized carbons (Fsp3) is 0.333. The summed E-state index contributed by atoms with van der Waals surface area (Å²) >= 11 is 0. The number of aromatic carboxylic acids is 1. The summed E-state index contributed by atoms with van der Waals surface area (Å²) in [5.41, 5.74) is 0.931. The van der Waals surface area contributed by atoms with Crippen molar-refractivity contribution in [2.45, 2.75) is 26.4 Å². The molecule has 0 aliphatic heterocycles. The molecule has 0 spiro atoms. The van der Waals surface area contributed by atoms with Gasteiger partial charge in [-0.2, -0.15) is 0 Å². The van der Waals surface area contributed by atoms with Gasteiger partial charge in [-0.05, 0) is 50.6 Å². The van der Waals surface area contributed by atoms with E-state index in [1.807, 2.05) is 18.2 Å². The van der Waals surface area contributed by atoms with E-state index >= 15 is 0 Å².